The molecule has 0 saturated heterocycles. The summed E-state index contributed by atoms with van der Waals surface area (Å²) < 4.78 is 5.73. The molecule has 1 aliphatic rings. The van der Waals surface area contributed by atoms with E-state index in [0.29, 0.717) is 0 Å². The Hall–Kier alpha value is -0.900. The Bertz CT molecular complexity index is 438. The van der Waals surface area contributed by atoms with E-state index < -0.39 is 0 Å². The van der Waals surface area contributed by atoms with Crippen LogP contribution in [0.5, 0.6) is 0 Å². The molecule has 20 heavy (non-hydrogen) atoms. The summed E-state index contributed by atoms with van der Waals surface area (Å²) >= 11 is 0. The maximum Gasteiger partial charge on any atom is 0.0694 e. The van der Waals surface area contributed by atoms with Gasteiger partial charge in [-0.2, -0.15) is 0 Å². The van der Waals surface area contributed by atoms with Crippen molar-refractivity contribution in [2.75, 3.05) is 7.11 Å². The molecule has 0 heterocycles. The van der Waals surface area contributed by atoms with Gasteiger partial charge in [-0.3, -0.25) is 11.3 Å². The van der Waals surface area contributed by atoms with Crippen molar-refractivity contribution in [3.63, 3.8) is 0 Å². The second kappa shape index (κ2) is 6.25. The van der Waals surface area contributed by atoms with Crippen LogP contribution in [0.15, 0.2) is 12.1 Å². The van der Waals surface area contributed by atoms with E-state index in [9.17, 15) is 0 Å². The first-order chi connectivity index (χ1) is 9.49. The third-order valence-corrected chi connectivity index (χ3v) is 4.84. The van der Waals surface area contributed by atoms with Crippen LogP contribution in [0.4, 0.5) is 0 Å². The Balaban J connectivity index is 2.10. The third kappa shape index (κ3) is 3.22. The van der Waals surface area contributed by atoms with Crippen molar-refractivity contribution in [1.82, 2.24) is 5.43 Å². The van der Waals surface area contributed by atoms with E-state index in [2.05, 4.69) is 38.3 Å². The molecule has 0 bridgehead atoms. The van der Waals surface area contributed by atoms with Crippen LogP contribution in [0.1, 0.15) is 47.9 Å². The second-order valence-corrected chi connectivity index (χ2v) is 6.39. The molecular formula is C17H28N2O. The first-order valence-corrected chi connectivity index (χ1v) is 7.58. The quantitative estimate of drug-likeness (QED) is 0.620. The summed E-state index contributed by atoms with van der Waals surface area (Å²) in [5.41, 5.74) is 8.53. The highest BCUT2D eigenvalue weighted by Crippen LogP contribution is 2.39. The zero-order valence-corrected chi connectivity index (χ0v) is 13.3. The molecular weight excluding hydrogens is 248 g/mol. The van der Waals surface area contributed by atoms with Crippen molar-refractivity contribution in [2.24, 2.45) is 5.84 Å². The molecule has 0 aromatic heterocycles. The molecule has 1 aliphatic carbocycles. The van der Waals surface area contributed by atoms with E-state index >= 15 is 0 Å². The zero-order chi connectivity index (χ0) is 14.8. The van der Waals surface area contributed by atoms with Gasteiger partial charge < -0.3 is 4.74 Å². The maximum atomic E-state index is 5.79. The molecule has 0 aliphatic heterocycles. The van der Waals surface area contributed by atoms with Crippen LogP contribution < -0.4 is 11.3 Å². The molecule has 2 rings (SSSR count). The van der Waals surface area contributed by atoms with Crippen LogP contribution in [0.3, 0.4) is 0 Å². The number of nitrogens with one attached hydrogen (secondary N) is 1. The van der Waals surface area contributed by atoms with E-state index in [1.807, 2.05) is 7.11 Å². The largest absolute Gasteiger partial charge is 0.378 e. The van der Waals surface area contributed by atoms with E-state index in [1.165, 1.54) is 28.7 Å². The zero-order valence-electron chi connectivity index (χ0n) is 13.3. The summed E-state index contributed by atoms with van der Waals surface area (Å²) in [6.07, 6.45) is 5.56. The highest BCUT2D eigenvalue weighted by atomic mass is 16.5. The summed E-state index contributed by atoms with van der Waals surface area (Å²) in [5, 5.41) is 0. The smallest absolute Gasteiger partial charge is 0.0694 e. The van der Waals surface area contributed by atoms with E-state index in [4.69, 9.17) is 10.6 Å². The lowest BCUT2D eigenvalue weighted by molar-refractivity contribution is -0.0834. The maximum absolute atomic E-state index is 5.79. The topological polar surface area (TPSA) is 47.3 Å². The summed E-state index contributed by atoms with van der Waals surface area (Å²) in [7, 11) is 1.83. The number of hydrogen-bond acceptors (Lipinski definition) is 3. The number of rotatable bonds is 6. The lowest BCUT2D eigenvalue weighted by Crippen LogP contribution is -2.48. The van der Waals surface area contributed by atoms with Gasteiger partial charge in [0.2, 0.25) is 0 Å². The fourth-order valence-corrected chi connectivity index (χ4v) is 3.48. The van der Waals surface area contributed by atoms with Crippen molar-refractivity contribution < 1.29 is 4.74 Å². The molecule has 0 amide bonds. The Morgan fingerprint density at radius 2 is 1.85 bits per heavy atom. The van der Waals surface area contributed by atoms with Gasteiger partial charge in [0.1, 0.15) is 0 Å². The number of methoxy groups -OCH3 is 1. The fraction of sp³-hybridized carbons (Fsp3) is 0.647. The highest BCUT2D eigenvalue weighted by Gasteiger charge is 2.38. The average Bonchev–Trinajstić information content (AvgIpc) is 2.35. The molecule has 3 nitrogen and oxygen atoms in total. The standard InChI is InChI=1S/C17H28N2O/c1-12-8-13(2)16(14(3)9-12)10-15(19-18)11-17(20-4)6-5-7-17/h8-9,15,19H,5-7,10-11,18H2,1-4H3. The van der Waals surface area contributed by atoms with E-state index in [1.54, 1.807) is 0 Å². The predicted molar refractivity (Wildman–Crippen MR) is 83.7 cm³/mol. The van der Waals surface area contributed by atoms with E-state index in [0.717, 1.165) is 25.7 Å². The van der Waals surface area contributed by atoms with Gasteiger partial charge in [0, 0.05) is 13.2 Å². The van der Waals surface area contributed by atoms with Crippen molar-refractivity contribution in [3.8, 4) is 0 Å². The van der Waals surface area contributed by atoms with Gasteiger partial charge in [0.05, 0.1) is 5.60 Å². The molecule has 3 N–H and O–H groups in total. The number of hydrazine groups is 1. The van der Waals surface area contributed by atoms with Gasteiger partial charge in [-0.15, -0.1) is 0 Å². The lowest BCUT2D eigenvalue weighted by atomic mass is 9.74. The summed E-state index contributed by atoms with van der Waals surface area (Å²) in [4.78, 5) is 0. The van der Waals surface area contributed by atoms with E-state index in [-0.39, 0.29) is 11.6 Å². The van der Waals surface area contributed by atoms with Crippen LogP contribution in [0, 0.1) is 20.8 Å². The van der Waals surface area contributed by atoms with Crippen molar-refractivity contribution >= 4 is 0 Å². The monoisotopic (exact) mass is 276 g/mol. The number of benzene rings is 1. The molecule has 1 saturated carbocycles. The molecule has 112 valence electrons. The predicted octanol–water partition coefficient (Wildman–Crippen LogP) is 2.95. The van der Waals surface area contributed by atoms with Crippen LogP contribution in [0.25, 0.3) is 0 Å². The normalized spacial score (nSPS) is 18.6. The molecule has 1 unspecified atom stereocenters. The minimum Gasteiger partial charge on any atom is -0.378 e. The summed E-state index contributed by atoms with van der Waals surface area (Å²) in [5.74, 6) is 5.79. The first-order valence-electron chi connectivity index (χ1n) is 7.58. The number of nitrogens with two attached hydrogens (primary N) is 1. The Labute approximate surface area is 122 Å². The van der Waals surface area contributed by atoms with Crippen LogP contribution in [-0.2, 0) is 11.2 Å². The fourth-order valence-electron chi connectivity index (χ4n) is 3.48. The number of ether oxygens (including phenoxy) is 1. The van der Waals surface area contributed by atoms with Crippen molar-refractivity contribution in [2.45, 2.75) is 64.5 Å². The van der Waals surface area contributed by atoms with Crippen molar-refractivity contribution in [1.29, 1.82) is 0 Å². The molecule has 1 aromatic rings. The van der Waals surface area contributed by atoms with Gasteiger partial charge in [-0.25, -0.2) is 0 Å². The number of hydrogen-bond donors (Lipinski definition) is 2. The lowest BCUT2D eigenvalue weighted by Gasteiger charge is -2.42. The molecule has 1 fully saturated rings. The van der Waals surface area contributed by atoms with Crippen LogP contribution in [-0.4, -0.2) is 18.8 Å². The molecule has 3 heteroatoms. The average molecular weight is 276 g/mol. The second-order valence-electron chi connectivity index (χ2n) is 6.39. The van der Waals surface area contributed by atoms with Crippen molar-refractivity contribution in [3.05, 3.63) is 34.4 Å². The number of aryl methyl sites for hydroxylation is 3. The first kappa shape index (κ1) is 15.5. The molecule has 0 radical (unpaired) electrons. The minimum atomic E-state index is 0.0591. The van der Waals surface area contributed by atoms with Gasteiger partial charge >= 0.3 is 0 Å². The van der Waals surface area contributed by atoms with Crippen LogP contribution in [0.2, 0.25) is 0 Å². The summed E-state index contributed by atoms with van der Waals surface area (Å²) in [6, 6.07) is 4.78. The van der Waals surface area contributed by atoms with Gasteiger partial charge in [0.15, 0.2) is 0 Å². The SMILES string of the molecule is COC1(CC(Cc2c(C)cc(C)cc2C)NN)CCC1. The summed E-state index contributed by atoms with van der Waals surface area (Å²) in [6.45, 7) is 6.54. The van der Waals surface area contributed by atoms with Gasteiger partial charge in [-0.1, -0.05) is 17.7 Å². The Morgan fingerprint density at radius 1 is 1.25 bits per heavy atom. The molecule has 1 aromatic carbocycles. The molecule has 1 atom stereocenters. The highest BCUT2D eigenvalue weighted by molar-refractivity contribution is 5.38. The Kier molecular flexibility index (Phi) is 4.84. The van der Waals surface area contributed by atoms with Gasteiger partial charge in [-0.05, 0) is 69.6 Å². The van der Waals surface area contributed by atoms with Gasteiger partial charge in [0.25, 0.3) is 0 Å². The Morgan fingerprint density at radius 3 is 2.25 bits per heavy atom. The van der Waals surface area contributed by atoms with Crippen LogP contribution >= 0.6 is 0 Å². The minimum absolute atomic E-state index is 0.0591. The third-order valence-electron chi connectivity index (χ3n) is 4.84. The molecule has 0 spiro atoms.